The summed E-state index contributed by atoms with van der Waals surface area (Å²) in [5.41, 5.74) is 1.65. The number of hydrogen-bond donors (Lipinski definition) is 2. The number of carbonyl (C=O) groups excluding carboxylic acids is 1. The van der Waals surface area contributed by atoms with Gasteiger partial charge in [-0.2, -0.15) is 0 Å². The molecule has 0 aliphatic rings. The fourth-order valence-corrected chi connectivity index (χ4v) is 4.16. The second-order valence-corrected chi connectivity index (χ2v) is 7.76. The second kappa shape index (κ2) is 9.11. The van der Waals surface area contributed by atoms with Crippen LogP contribution in [0.4, 0.5) is 0 Å². The summed E-state index contributed by atoms with van der Waals surface area (Å²) in [6.07, 6.45) is 1.60. The molecule has 0 bridgehead atoms. The maximum absolute atomic E-state index is 12.9. The number of benzene rings is 2. The van der Waals surface area contributed by atoms with Gasteiger partial charge in [0.1, 0.15) is 17.2 Å². The molecule has 9 heteroatoms. The van der Waals surface area contributed by atoms with Gasteiger partial charge in [-0.3, -0.25) is 9.36 Å². The van der Waals surface area contributed by atoms with Crippen molar-refractivity contribution in [3.05, 3.63) is 83.1 Å². The van der Waals surface area contributed by atoms with Gasteiger partial charge in [0.05, 0.1) is 34.8 Å². The van der Waals surface area contributed by atoms with Crippen LogP contribution in [-0.4, -0.2) is 43.5 Å². The zero-order chi connectivity index (χ0) is 22.7. The Labute approximate surface area is 187 Å². The number of aliphatic hydroxyl groups is 1. The Hall–Kier alpha value is -3.85. The fraction of sp³-hybridized carbons (Fsp3) is 0.130. The summed E-state index contributed by atoms with van der Waals surface area (Å²) in [5.74, 6) is -0.791. The molecule has 0 unspecified atom stereocenters. The monoisotopic (exact) mass is 448 g/mol. The number of aromatic amines is 1. The van der Waals surface area contributed by atoms with Crippen LogP contribution in [-0.2, 0) is 16.1 Å². The van der Waals surface area contributed by atoms with E-state index in [9.17, 15) is 14.7 Å². The van der Waals surface area contributed by atoms with Gasteiger partial charge in [-0.05, 0) is 24.3 Å². The molecular formula is C23H20N4O4S. The van der Waals surface area contributed by atoms with Crippen molar-refractivity contribution in [3.8, 4) is 0 Å². The number of allylic oxidation sites excluding steroid dienone is 1. The van der Waals surface area contributed by atoms with Crippen molar-refractivity contribution < 1.29 is 14.6 Å². The highest BCUT2D eigenvalue weighted by molar-refractivity contribution is 7.99. The van der Waals surface area contributed by atoms with Crippen molar-refractivity contribution in [1.29, 1.82) is 0 Å². The number of rotatable bonds is 7. The molecule has 0 aliphatic heterocycles. The van der Waals surface area contributed by atoms with E-state index in [2.05, 4.69) is 21.5 Å². The Kier molecular flexibility index (Phi) is 6.09. The van der Waals surface area contributed by atoms with Crippen LogP contribution in [0.5, 0.6) is 0 Å². The van der Waals surface area contributed by atoms with E-state index < -0.39 is 5.97 Å². The average Bonchev–Trinajstić information content (AvgIpc) is 3.23. The van der Waals surface area contributed by atoms with Crippen LogP contribution in [0.1, 0.15) is 5.82 Å². The molecule has 2 aromatic carbocycles. The third-order valence-electron chi connectivity index (χ3n) is 4.78. The molecule has 2 aromatic heterocycles. The minimum atomic E-state index is -0.725. The molecule has 0 spiro atoms. The number of esters is 1. The van der Waals surface area contributed by atoms with E-state index in [0.717, 1.165) is 17.3 Å². The summed E-state index contributed by atoms with van der Waals surface area (Å²) >= 11 is 1.13. The summed E-state index contributed by atoms with van der Waals surface area (Å²) in [7, 11) is 1.23. The predicted octanol–water partition coefficient (Wildman–Crippen LogP) is 3.69. The Morgan fingerprint density at radius 2 is 1.91 bits per heavy atom. The molecule has 0 radical (unpaired) electrons. The van der Waals surface area contributed by atoms with E-state index in [-0.39, 0.29) is 35.0 Å². The first-order chi connectivity index (χ1) is 15.5. The van der Waals surface area contributed by atoms with E-state index in [1.807, 2.05) is 18.2 Å². The molecule has 2 heterocycles. The molecule has 0 saturated heterocycles. The zero-order valence-corrected chi connectivity index (χ0v) is 18.1. The molecule has 4 rings (SSSR count). The molecule has 0 saturated carbocycles. The summed E-state index contributed by atoms with van der Waals surface area (Å²) in [5, 5.41) is 11.7. The number of thioether (sulfide) groups is 1. The van der Waals surface area contributed by atoms with Crippen molar-refractivity contribution in [2.45, 2.75) is 11.7 Å². The summed E-state index contributed by atoms with van der Waals surface area (Å²) in [6, 6.07) is 14.3. The normalized spacial score (nSPS) is 12.0. The number of carbonyl (C=O) groups is 1. The molecule has 162 valence electrons. The van der Waals surface area contributed by atoms with Gasteiger partial charge in [-0.1, -0.05) is 42.1 Å². The van der Waals surface area contributed by atoms with Gasteiger partial charge in [-0.15, -0.1) is 6.58 Å². The van der Waals surface area contributed by atoms with E-state index in [0.29, 0.717) is 21.6 Å². The molecule has 0 atom stereocenters. The number of para-hydroxylation sites is 3. The molecule has 0 aliphatic carbocycles. The van der Waals surface area contributed by atoms with Gasteiger partial charge in [0.15, 0.2) is 5.16 Å². The minimum Gasteiger partial charge on any atom is -0.510 e. The lowest BCUT2D eigenvalue weighted by Gasteiger charge is -2.12. The van der Waals surface area contributed by atoms with E-state index in [1.165, 1.54) is 11.7 Å². The Balaban J connectivity index is 1.74. The fourth-order valence-electron chi connectivity index (χ4n) is 3.28. The molecule has 0 amide bonds. The Morgan fingerprint density at radius 1 is 1.19 bits per heavy atom. The van der Waals surface area contributed by atoms with Crippen LogP contribution in [0.25, 0.3) is 27.5 Å². The summed E-state index contributed by atoms with van der Waals surface area (Å²) < 4.78 is 6.34. The number of H-pyrrole nitrogens is 1. The highest BCUT2D eigenvalue weighted by atomic mass is 32.2. The van der Waals surface area contributed by atoms with Crippen LogP contribution in [0, 0.1) is 0 Å². The quantitative estimate of drug-likeness (QED) is 0.111. The van der Waals surface area contributed by atoms with Crippen LogP contribution >= 0.6 is 11.8 Å². The maximum atomic E-state index is 12.9. The minimum absolute atomic E-state index is 0.0244. The first kappa shape index (κ1) is 21.4. The maximum Gasteiger partial charge on any atom is 0.345 e. The third kappa shape index (κ3) is 4.02. The third-order valence-corrected chi connectivity index (χ3v) is 5.77. The number of hydrogen-bond acceptors (Lipinski definition) is 7. The average molecular weight is 449 g/mol. The summed E-state index contributed by atoms with van der Waals surface area (Å²) in [6.45, 7) is 3.97. The Morgan fingerprint density at radius 3 is 2.62 bits per heavy atom. The molecule has 4 aromatic rings. The first-order valence-corrected chi connectivity index (χ1v) is 10.7. The molecule has 0 fully saturated rings. The van der Waals surface area contributed by atoms with Crippen LogP contribution in [0.15, 0.2) is 76.9 Å². The summed E-state index contributed by atoms with van der Waals surface area (Å²) in [4.78, 5) is 37.3. The van der Waals surface area contributed by atoms with Gasteiger partial charge >= 0.3 is 5.97 Å². The highest BCUT2D eigenvalue weighted by Crippen LogP contribution is 2.25. The standard InChI is InChI=1S/C23H20N4O4S/c1-3-12-27-21(29)14-8-4-5-9-15(14)26-23(27)32-13-18(28)19(22(30)31-2)20-24-16-10-6-7-11-17(16)25-20/h3-11,28H,1,12-13H2,2H3,(H,24,25)/b19-18+. The van der Waals surface area contributed by atoms with Crippen molar-refractivity contribution >= 4 is 45.2 Å². The topological polar surface area (TPSA) is 110 Å². The smallest absolute Gasteiger partial charge is 0.345 e. The Bertz CT molecular complexity index is 1390. The zero-order valence-electron chi connectivity index (χ0n) is 17.2. The van der Waals surface area contributed by atoms with Crippen LogP contribution in [0.2, 0.25) is 0 Å². The van der Waals surface area contributed by atoms with Gasteiger partial charge in [0.2, 0.25) is 0 Å². The number of nitrogens with one attached hydrogen (secondary N) is 1. The van der Waals surface area contributed by atoms with Crippen LogP contribution in [0.3, 0.4) is 0 Å². The van der Waals surface area contributed by atoms with Gasteiger partial charge < -0.3 is 14.8 Å². The number of ether oxygens (including phenoxy) is 1. The number of fused-ring (bicyclic) bond motifs is 2. The predicted molar refractivity (Wildman–Crippen MR) is 125 cm³/mol. The lowest BCUT2D eigenvalue weighted by Crippen LogP contribution is -2.23. The van der Waals surface area contributed by atoms with Gasteiger partial charge in [-0.25, -0.2) is 14.8 Å². The molecule has 8 nitrogen and oxygen atoms in total. The van der Waals surface area contributed by atoms with Crippen molar-refractivity contribution in [3.63, 3.8) is 0 Å². The number of aliphatic hydroxyl groups excluding tert-OH is 1. The largest absolute Gasteiger partial charge is 0.510 e. The lowest BCUT2D eigenvalue weighted by molar-refractivity contribution is -0.133. The van der Waals surface area contributed by atoms with Crippen molar-refractivity contribution in [2.24, 2.45) is 0 Å². The first-order valence-electron chi connectivity index (χ1n) is 9.72. The van der Waals surface area contributed by atoms with E-state index in [1.54, 1.807) is 36.4 Å². The van der Waals surface area contributed by atoms with Crippen molar-refractivity contribution in [2.75, 3.05) is 12.9 Å². The van der Waals surface area contributed by atoms with Crippen molar-refractivity contribution in [1.82, 2.24) is 19.5 Å². The van der Waals surface area contributed by atoms with E-state index >= 15 is 0 Å². The van der Waals surface area contributed by atoms with E-state index in [4.69, 9.17) is 4.74 Å². The second-order valence-electron chi connectivity index (χ2n) is 6.82. The van der Waals surface area contributed by atoms with Gasteiger partial charge in [0.25, 0.3) is 5.56 Å². The number of aromatic nitrogens is 4. The molecule has 32 heavy (non-hydrogen) atoms. The lowest BCUT2D eigenvalue weighted by atomic mass is 10.2. The number of nitrogens with zero attached hydrogens (tertiary/aromatic N) is 3. The van der Waals surface area contributed by atoms with Crippen LogP contribution < -0.4 is 5.56 Å². The van der Waals surface area contributed by atoms with Gasteiger partial charge in [0, 0.05) is 6.54 Å². The number of imidazole rings is 1. The molecular weight excluding hydrogens is 428 g/mol. The SMILES string of the molecule is C=CCn1c(SC/C(O)=C(\C(=O)OC)c2nc3ccccc3[nH]2)nc2ccccc2c1=O. The number of methoxy groups -OCH3 is 1. The molecule has 2 N–H and O–H groups in total. The highest BCUT2D eigenvalue weighted by Gasteiger charge is 2.23.